The summed E-state index contributed by atoms with van der Waals surface area (Å²) in [5.41, 5.74) is -0.692. The summed E-state index contributed by atoms with van der Waals surface area (Å²) in [7, 11) is 0. The van der Waals surface area contributed by atoms with Crippen LogP contribution in [0.3, 0.4) is 0 Å². The van der Waals surface area contributed by atoms with E-state index >= 15 is 0 Å². The van der Waals surface area contributed by atoms with Crippen molar-refractivity contribution >= 4 is 5.91 Å². The Morgan fingerprint density at radius 2 is 0.915 bits per heavy atom. The third-order valence-electron chi connectivity index (χ3n) is 10.2. The zero-order chi connectivity index (χ0) is 35.5. The van der Waals surface area contributed by atoms with Gasteiger partial charge in [0.2, 0.25) is 5.91 Å². The fourth-order valence-corrected chi connectivity index (χ4v) is 6.59. The molecule has 0 aliphatic carbocycles. The Balaban J connectivity index is 4.97. The molecule has 1 atom stereocenters. The molecule has 4 heteroatoms. The number of unbranched alkanes of at least 4 members (excludes halogenated alkanes) is 15. The number of hydrogen-bond acceptors (Lipinski definition) is 3. The molecule has 4 nitrogen and oxygen atoms in total. The fourth-order valence-electron chi connectivity index (χ4n) is 6.59. The molecule has 0 saturated heterocycles. The third-order valence-corrected chi connectivity index (χ3v) is 10.2. The molecule has 1 unspecified atom stereocenters. The summed E-state index contributed by atoms with van der Waals surface area (Å²) < 4.78 is 12.8. The average Bonchev–Trinajstić information content (AvgIpc) is 3.01. The van der Waals surface area contributed by atoms with Crippen LogP contribution in [0.15, 0.2) is 12.2 Å². The predicted molar refractivity (Wildman–Crippen MR) is 207 cm³/mol. The molecule has 0 bridgehead atoms. The number of allylic oxidation sites excluding steroid dienone is 1. The lowest BCUT2D eigenvalue weighted by Crippen LogP contribution is -2.47. The Labute approximate surface area is 295 Å². The highest BCUT2D eigenvalue weighted by Crippen LogP contribution is 2.34. The molecule has 0 aromatic heterocycles. The van der Waals surface area contributed by atoms with Gasteiger partial charge in [0, 0.05) is 12.1 Å². The summed E-state index contributed by atoms with van der Waals surface area (Å²) in [5, 5.41) is 3.25. The molecular formula is C43H85NO3. The van der Waals surface area contributed by atoms with Crippen LogP contribution in [-0.4, -0.2) is 35.9 Å². The average molecular weight is 664 g/mol. The van der Waals surface area contributed by atoms with Gasteiger partial charge in [0.25, 0.3) is 0 Å². The Morgan fingerprint density at radius 1 is 0.511 bits per heavy atom. The predicted octanol–water partition coefficient (Wildman–Crippen LogP) is 13.5. The minimum absolute atomic E-state index is 0.0184. The number of hydrogen-bond donors (Lipinski definition) is 1. The third kappa shape index (κ3) is 26.6. The largest absolute Gasteiger partial charge is 0.371 e. The second-order valence-electron chi connectivity index (χ2n) is 16.7. The fraction of sp³-hybridized carbons (Fsp3) is 0.930. The van der Waals surface area contributed by atoms with Crippen molar-refractivity contribution in [2.24, 2.45) is 5.41 Å². The van der Waals surface area contributed by atoms with Crippen molar-refractivity contribution in [3.05, 3.63) is 12.2 Å². The van der Waals surface area contributed by atoms with Gasteiger partial charge in [-0.25, -0.2) is 0 Å². The van der Waals surface area contributed by atoms with E-state index in [1.807, 2.05) is 0 Å². The second-order valence-corrected chi connectivity index (χ2v) is 16.7. The van der Waals surface area contributed by atoms with E-state index in [9.17, 15) is 4.79 Å². The first-order valence-electron chi connectivity index (χ1n) is 20.6. The normalized spacial score (nSPS) is 14.2. The summed E-state index contributed by atoms with van der Waals surface area (Å²) >= 11 is 0. The Bertz CT molecular complexity index is 759. The van der Waals surface area contributed by atoms with Crippen molar-refractivity contribution in [1.29, 1.82) is 0 Å². The van der Waals surface area contributed by atoms with Crippen LogP contribution in [0.4, 0.5) is 0 Å². The molecule has 0 aromatic rings. The van der Waals surface area contributed by atoms with Crippen molar-refractivity contribution in [1.82, 2.24) is 5.32 Å². The van der Waals surface area contributed by atoms with Crippen molar-refractivity contribution in [2.75, 3.05) is 13.2 Å². The maximum atomic E-state index is 13.1. The number of rotatable bonds is 33. The van der Waals surface area contributed by atoms with Crippen LogP contribution in [-0.2, 0) is 14.3 Å². The van der Waals surface area contributed by atoms with E-state index in [1.165, 1.54) is 135 Å². The molecule has 1 amide bonds. The smallest absolute Gasteiger partial charge is 0.246 e. The molecule has 0 aliphatic rings. The van der Waals surface area contributed by atoms with Crippen LogP contribution in [0.1, 0.15) is 223 Å². The van der Waals surface area contributed by atoms with Crippen molar-refractivity contribution in [2.45, 2.75) is 240 Å². The lowest BCUT2D eigenvalue weighted by atomic mass is 9.78. The van der Waals surface area contributed by atoms with Crippen molar-refractivity contribution in [3.8, 4) is 0 Å². The van der Waals surface area contributed by atoms with Crippen LogP contribution in [0, 0.1) is 5.41 Å². The van der Waals surface area contributed by atoms with E-state index in [1.54, 1.807) is 0 Å². The van der Waals surface area contributed by atoms with Gasteiger partial charge in [-0.05, 0) is 72.1 Å². The molecule has 280 valence electrons. The van der Waals surface area contributed by atoms with Gasteiger partial charge in [-0.15, -0.1) is 0 Å². The first-order chi connectivity index (χ1) is 22.3. The lowest BCUT2D eigenvalue weighted by molar-refractivity contribution is -0.135. The van der Waals surface area contributed by atoms with Gasteiger partial charge in [0.1, 0.15) is 6.61 Å². The quantitative estimate of drug-likeness (QED) is 0.0561. The van der Waals surface area contributed by atoms with E-state index in [4.69, 9.17) is 9.47 Å². The van der Waals surface area contributed by atoms with E-state index in [0.29, 0.717) is 6.61 Å². The van der Waals surface area contributed by atoms with Crippen LogP contribution in [0.25, 0.3) is 0 Å². The minimum Gasteiger partial charge on any atom is -0.371 e. The van der Waals surface area contributed by atoms with Crippen LogP contribution in [0.5, 0.6) is 0 Å². The monoisotopic (exact) mass is 664 g/mol. The molecular weight excluding hydrogens is 578 g/mol. The minimum atomic E-state index is -0.358. The summed E-state index contributed by atoms with van der Waals surface area (Å²) in [4.78, 5) is 13.1. The number of carbonyl (C=O) groups excluding carboxylic acids is 1. The topological polar surface area (TPSA) is 47.6 Å². The van der Waals surface area contributed by atoms with Gasteiger partial charge in [-0.3, -0.25) is 4.79 Å². The van der Waals surface area contributed by atoms with Crippen molar-refractivity contribution in [3.63, 3.8) is 0 Å². The number of nitrogens with one attached hydrogen (secondary N) is 1. The van der Waals surface area contributed by atoms with Gasteiger partial charge in [0.05, 0.1) is 11.2 Å². The number of ether oxygens (including phenoxy) is 2. The van der Waals surface area contributed by atoms with E-state index in [2.05, 4.69) is 86.7 Å². The zero-order valence-electron chi connectivity index (χ0n) is 33.8. The SMILES string of the molecule is CCCCCCCC(C)(C=CC(C)(C)OCCC(C)(C)NC(=O)COC(C)(CCCCCCC)CCCCCCC)CCCCCC. The van der Waals surface area contributed by atoms with Gasteiger partial charge < -0.3 is 14.8 Å². The van der Waals surface area contributed by atoms with Crippen LogP contribution >= 0.6 is 0 Å². The summed E-state index contributed by atoms with van der Waals surface area (Å²) in [5.74, 6) is -0.0184. The molecule has 0 aliphatic heterocycles. The maximum absolute atomic E-state index is 13.1. The highest BCUT2D eigenvalue weighted by atomic mass is 16.5. The van der Waals surface area contributed by atoms with Crippen molar-refractivity contribution < 1.29 is 14.3 Å². The van der Waals surface area contributed by atoms with Gasteiger partial charge in [0.15, 0.2) is 0 Å². The summed E-state index contributed by atoms with van der Waals surface area (Å²) in [6.45, 7) is 23.1. The molecule has 0 heterocycles. The van der Waals surface area contributed by atoms with Gasteiger partial charge >= 0.3 is 0 Å². The molecule has 0 saturated carbocycles. The summed E-state index contributed by atoms with van der Waals surface area (Å²) in [6, 6.07) is 0. The number of carbonyl (C=O) groups is 1. The molecule has 0 rings (SSSR count). The Kier molecular flexibility index (Phi) is 26.4. The van der Waals surface area contributed by atoms with Crippen LogP contribution in [0.2, 0.25) is 0 Å². The highest BCUT2D eigenvalue weighted by molar-refractivity contribution is 5.78. The Morgan fingerprint density at radius 3 is 1.36 bits per heavy atom. The first-order valence-corrected chi connectivity index (χ1v) is 20.6. The standard InChI is InChI=1S/C43H85NO3/c1-11-15-19-23-27-31-42(9,30-26-22-18-14-4)35-34-41(7,8)46-37-36-40(5,6)44-39(45)38-47-43(10,32-28-24-20-16-12-2)33-29-25-21-17-13-3/h34-35H,11-33,36-38H2,1-10H3,(H,44,45). The number of amides is 1. The van der Waals surface area contributed by atoms with E-state index < -0.39 is 0 Å². The summed E-state index contributed by atoms with van der Waals surface area (Å²) in [6.07, 6.45) is 34.6. The zero-order valence-corrected chi connectivity index (χ0v) is 33.8. The highest BCUT2D eigenvalue weighted by Gasteiger charge is 2.28. The molecule has 47 heavy (non-hydrogen) atoms. The van der Waals surface area contributed by atoms with Crippen LogP contribution < -0.4 is 5.32 Å². The molecule has 1 N–H and O–H groups in total. The molecule has 0 spiro atoms. The maximum Gasteiger partial charge on any atom is 0.246 e. The second kappa shape index (κ2) is 26.9. The molecule has 0 aromatic carbocycles. The Hall–Kier alpha value is -0.870. The van der Waals surface area contributed by atoms with E-state index in [0.717, 1.165) is 19.3 Å². The van der Waals surface area contributed by atoms with Gasteiger partial charge in [-0.1, -0.05) is 169 Å². The van der Waals surface area contributed by atoms with Gasteiger partial charge in [-0.2, -0.15) is 0 Å². The first kappa shape index (κ1) is 46.1. The molecule has 0 radical (unpaired) electrons. The molecule has 0 fully saturated rings. The lowest BCUT2D eigenvalue weighted by Gasteiger charge is -2.32. The van der Waals surface area contributed by atoms with E-state index in [-0.39, 0.29) is 34.7 Å².